The molecule has 0 unspecified atom stereocenters. The van der Waals surface area contributed by atoms with E-state index in [0.717, 1.165) is 16.5 Å². The predicted octanol–water partition coefficient (Wildman–Crippen LogP) is 3.90. The van der Waals surface area contributed by atoms with Gasteiger partial charge in [-0.2, -0.15) is 0 Å². The second kappa shape index (κ2) is 5.60. The molecule has 1 N–H and O–H groups in total. The minimum atomic E-state index is -0.532. The van der Waals surface area contributed by atoms with Gasteiger partial charge in [-0.05, 0) is 42.8 Å². The number of aromatic nitrogens is 1. The number of nitrogens with one attached hydrogen (secondary N) is 1. The highest BCUT2D eigenvalue weighted by molar-refractivity contribution is 6.07. The second-order valence-electron chi connectivity index (χ2n) is 5.82. The molecule has 0 fully saturated rings. The molecule has 0 aliphatic rings. The first-order valence-corrected chi connectivity index (χ1v) is 7.30. The van der Waals surface area contributed by atoms with Gasteiger partial charge in [-0.3, -0.25) is 9.78 Å². The number of carbonyl (C=O) groups is 1. The zero-order valence-corrected chi connectivity index (χ0v) is 12.7. The number of hydrogen-bond acceptors (Lipinski definition) is 2. The van der Waals surface area contributed by atoms with Crippen LogP contribution in [0.4, 0.5) is 0 Å². The van der Waals surface area contributed by atoms with Crippen LogP contribution in [0.15, 0.2) is 66.9 Å². The molecule has 3 rings (SSSR count). The Morgan fingerprint density at radius 1 is 0.955 bits per heavy atom. The quantitative estimate of drug-likeness (QED) is 0.795. The lowest BCUT2D eigenvalue weighted by Crippen LogP contribution is -2.41. The lowest BCUT2D eigenvalue weighted by Gasteiger charge is -2.26. The first-order valence-electron chi connectivity index (χ1n) is 7.30. The number of amides is 1. The van der Waals surface area contributed by atoms with Gasteiger partial charge in [0.25, 0.3) is 5.91 Å². The number of pyridine rings is 1. The fourth-order valence-electron chi connectivity index (χ4n) is 2.57. The monoisotopic (exact) mass is 290 g/mol. The van der Waals surface area contributed by atoms with E-state index < -0.39 is 5.54 Å². The van der Waals surface area contributed by atoms with Crippen LogP contribution in [0.25, 0.3) is 10.8 Å². The molecule has 110 valence electrons. The number of carbonyl (C=O) groups excluding carboxylic acids is 1. The first-order chi connectivity index (χ1) is 10.6. The highest BCUT2D eigenvalue weighted by atomic mass is 16.1. The van der Waals surface area contributed by atoms with E-state index >= 15 is 0 Å². The van der Waals surface area contributed by atoms with Crippen molar-refractivity contribution in [2.45, 2.75) is 19.4 Å². The van der Waals surface area contributed by atoms with Gasteiger partial charge < -0.3 is 5.32 Å². The molecule has 1 amide bonds. The van der Waals surface area contributed by atoms with Crippen molar-refractivity contribution < 1.29 is 4.79 Å². The van der Waals surface area contributed by atoms with Crippen LogP contribution in [0.1, 0.15) is 29.9 Å². The van der Waals surface area contributed by atoms with Gasteiger partial charge in [0.2, 0.25) is 0 Å². The van der Waals surface area contributed by atoms with Crippen LogP contribution in [0.5, 0.6) is 0 Å². The predicted molar refractivity (Wildman–Crippen MR) is 88.7 cm³/mol. The molecule has 3 heteroatoms. The number of rotatable bonds is 3. The summed E-state index contributed by atoms with van der Waals surface area (Å²) in [5.41, 5.74) is 0.987. The molecule has 0 saturated carbocycles. The minimum Gasteiger partial charge on any atom is -0.341 e. The molecule has 0 spiro atoms. The maximum Gasteiger partial charge on any atom is 0.252 e. The van der Waals surface area contributed by atoms with Gasteiger partial charge in [-0.15, -0.1) is 0 Å². The van der Waals surface area contributed by atoms with Gasteiger partial charge in [-0.1, -0.05) is 42.5 Å². The summed E-state index contributed by atoms with van der Waals surface area (Å²) in [7, 11) is 0. The smallest absolute Gasteiger partial charge is 0.252 e. The van der Waals surface area contributed by atoms with Crippen LogP contribution in [0, 0.1) is 0 Å². The van der Waals surface area contributed by atoms with Crippen molar-refractivity contribution in [2.75, 3.05) is 0 Å². The summed E-state index contributed by atoms with van der Waals surface area (Å²) in [6.07, 6.45) is 1.74. The van der Waals surface area contributed by atoms with Crippen molar-refractivity contribution in [1.29, 1.82) is 0 Å². The topological polar surface area (TPSA) is 42.0 Å². The van der Waals surface area contributed by atoms with Crippen molar-refractivity contribution in [3.8, 4) is 0 Å². The van der Waals surface area contributed by atoms with Crippen LogP contribution >= 0.6 is 0 Å². The molecule has 0 aliphatic heterocycles. The Bertz CT molecular complexity index is 805. The van der Waals surface area contributed by atoms with Crippen LogP contribution in [0.3, 0.4) is 0 Å². The van der Waals surface area contributed by atoms with Crippen LogP contribution in [0.2, 0.25) is 0 Å². The molecule has 0 aliphatic carbocycles. The molecule has 1 aromatic heterocycles. The van der Waals surface area contributed by atoms with E-state index in [4.69, 9.17) is 0 Å². The Hall–Kier alpha value is -2.68. The summed E-state index contributed by atoms with van der Waals surface area (Å²) in [6, 6.07) is 19.4. The Morgan fingerprint density at radius 2 is 1.68 bits per heavy atom. The average molecular weight is 290 g/mol. The Labute approximate surface area is 130 Å². The highest BCUT2D eigenvalue weighted by Gasteiger charge is 2.25. The SMILES string of the molecule is CC(C)(NC(=O)c1cccc2ccccc12)c1ccccn1. The van der Waals surface area contributed by atoms with Crippen molar-refractivity contribution in [3.05, 3.63) is 78.1 Å². The lowest BCUT2D eigenvalue weighted by molar-refractivity contribution is 0.0912. The van der Waals surface area contributed by atoms with E-state index in [1.54, 1.807) is 6.20 Å². The average Bonchev–Trinajstić information content (AvgIpc) is 2.54. The summed E-state index contributed by atoms with van der Waals surface area (Å²) in [5.74, 6) is -0.0903. The van der Waals surface area contributed by atoms with Gasteiger partial charge in [-0.25, -0.2) is 0 Å². The normalized spacial score (nSPS) is 11.4. The number of hydrogen-bond donors (Lipinski definition) is 1. The van der Waals surface area contributed by atoms with E-state index in [1.807, 2.05) is 74.5 Å². The van der Waals surface area contributed by atoms with E-state index in [1.165, 1.54) is 0 Å². The second-order valence-corrected chi connectivity index (χ2v) is 5.82. The summed E-state index contributed by atoms with van der Waals surface area (Å²) >= 11 is 0. The van der Waals surface area contributed by atoms with E-state index in [2.05, 4.69) is 10.3 Å². The highest BCUT2D eigenvalue weighted by Crippen LogP contribution is 2.22. The fourth-order valence-corrected chi connectivity index (χ4v) is 2.57. The molecule has 0 saturated heterocycles. The van der Waals surface area contributed by atoms with Crippen LogP contribution < -0.4 is 5.32 Å². The Balaban J connectivity index is 1.94. The molecule has 2 aromatic carbocycles. The Morgan fingerprint density at radius 3 is 2.45 bits per heavy atom. The number of fused-ring (bicyclic) bond motifs is 1. The third-order valence-electron chi connectivity index (χ3n) is 3.77. The van der Waals surface area contributed by atoms with E-state index in [0.29, 0.717) is 5.56 Å². The molecule has 0 atom stereocenters. The molecule has 3 nitrogen and oxygen atoms in total. The third kappa shape index (κ3) is 2.70. The zero-order valence-electron chi connectivity index (χ0n) is 12.7. The van der Waals surface area contributed by atoms with Gasteiger partial charge in [0.05, 0.1) is 11.2 Å². The molecule has 0 bridgehead atoms. The molecule has 22 heavy (non-hydrogen) atoms. The first kappa shape index (κ1) is 14.3. The van der Waals surface area contributed by atoms with Crippen LogP contribution in [-0.2, 0) is 5.54 Å². The molecule has 1 heterocycles. The summed E-state index contributed by atoms with van der Waals surface area (Å²) in [6.45, 7) is 3.91. The molecule has 3 aromatic rings. The van der Waals surface area contributed by atoms with Crippen molar-refractivity contribution in [1.82, 2.24) is 10.3 Å². The Kier molecular flexibility index (Phi) is 3.63. The van der Waals surface area contributed by atoms with Crippen molar-refractivity contribution in [3.63, 3.8) is 0 Å². The van der Waals surface area contributed by atoms with Gasteiger partial charge >= 0.3 is 0 Å². The number of nitrogens with zero attached hydrogens (tertiary/aromatic N) is 1. The largest absolute Gasteiger partial charge is 0.341 e. The summed E-state index contributed by atoms with van der Waals surface area (Å²) in [5, 5.41) is 5.10. The van der Waals surface area contributed by atoms with Crippen molar-refractivity contribution in [2.24, 2.45) is 0 Å². The van der Waals surface area contributed by atoms with E-state index in [9.17, 15) is 4.79 Å². The maximum absolute atomic E-state index is 12.7. The summed E-state index contributed by atoms with van der Waals surface area (Å²) < 4.78 is 0. The maximum atomic E-state index is 12.7. The molecule has 0 radical (unpaired) electrons. The van der Waals surface area contributed by atoms with Gasteiger partial charge in [0.15, 0.2) is 0 Å². The van der Waals surface area contributed by atoms with Gasteiger partial charge in [0, 0.05) is 11.8 Å². The zero-order chi connectivity index (χ0) is 15.6. The standard InChI is InChI=1S/C19H18N2O/c1-19(2,17-12-5-6-13-20-17)21-18(22)16-11-7-9-14-8-3-4-10-15(14)16/h3-13H,1-2H3,(H,21,22). The van der Waals surface area contributed by atoms with E-state index in [-0.39, 0.29) is 5.91 Å². The van der Waals surface area contributed by atoms with Crippen molar-refractivity contribution >= 4 is 16.7 Å². The molecular formula is C19H18N2O. The molecular weight excluding hydrogens is 272 g/mol. The van der Waals surface area contributed by atoms with Crippen LogP contribution in [-0.4, -0.2) is 10.9 Å². The summed E-state index contributed by atoms with van der Waals surface area (Å²) in [4.78, 5) is 17.1. The lowest BCUT2D eigenvalue weighted by atomic mass is 9.98. The minimum absolute atomic E-state index is 0.0903. The number of benzene rings is 2. The van der Waals surface area contributed by atoms with Gasteiger partial charge in [0.1, 0.15) is 0 Å². The third-order valence-corrected chi connectivity index (χ3v) is 3.77. The fraction of sp³-hybridized carbons (Fsp3) is 0.158.